The maximum absolute atomic E-state index is 5.15. The van der Waals surface area contributed by atoms with Crippen LogP contribution in [0.2, 0.25) is 0 Å². The van der Waals surface area contributed by atoms with Crippen molar-refractivity contribution in [2.45, 2.75) is 47.5 Å². The second kappa shape index (κ2) is 7.35. The van der Waals surface area contributed by atoms with Crippen molar-refractivity contribution in [1.29, 1.82) is 0 Å². The second-order valence-corrected chi connectivity index (χ2v) is 7.73. The fourth-order valence-corrected chi connectivity index (χ4v) is 2.99. The molecule has 108 valence electrons. The monoisotopic (exact) mass is 280 g/mol. The fraction of sp³-hybridized carbons (Fsp3) is 0.647. The molecule has 1 atom stereocenters. The van der Waals surface area contributed by atoms with Crippen molar-refractivity contribution in [3.05, 3.63) is 34.8 Å². The average Bonchev–Trinajstić information content (AvgIpc) is 2.50. The molecule has 0 fully saturated rings. The van der Waals surface area contributed by atoms with Crippen molar-refractivity contribution in [1.82, 2.24) is 0 Å². The Morgan fingerprint density at radius 2 is 1.95 bits per heavy atom. The van der Waals surface area contributed by atoms with Gasteiger partial charge in [0.25, 0.3) is 0 Å². The summed E-state index contributed by atoms with van der Waals surface area (Å²) in [5.74, 6) is 1.32. The fourth-order valence-electron chi connectivity index (χ4n) is 2.49. The van der Waals surface area contributed by atoms with Gasteiger partial charge in [0.1, 0.15) is 0 Å². The number of hydrogen-bond donors (Lipinski definition) is 0. The highest BCUT2D eigenvalue weighted by Gasteiger charge is 2.27. The van der Waals surface area contributed by atoms with E-state index in [1.807, 2.05) is 0 Å². The minimum absolute atomic E-state index is 0.299. The SMILES string of the molecule is COSC1=CC=C(C(CC(C)C)C(C)(C)C)C=CC1. The van der Waals surface area contributed by atoms with Crippen molar-refractivity contribution >= 4 is 12.0 Å². The zero-order chi connectivity index (χ0) is 14.5. The predicted octanol–water partition coefficient (Wildman–Crippen LogP) is 5.76. The van der Waals surface area contributed by atoms with E-state index in [2.05, 4.69) is 58.9 Å². The first-order chi connectivity index (χ1) is 8.84. The normalized spacial score (nSPS) is 18.1. The summed E-state index contributed by atoms with van der Waals surface area (Å²) in [6.07, 6.45) is 11.3. The van der Waals surface area contributed by atoms with Crippen LogP contribution < -0.4 is 0 Å². The van der Waals surface area contributed by atoms with Crippen molar-refractivity contribution in [2.24, 2.45) is 17.3 Å². The molecule has 19 heavy (non-hydrogen) atoms. The standard InChI is InChI=1S/C17H28OS/c1-13(2)12-16(17(3,4)5)14-8-7-9-15(11-10-14)19-18-6/h7-8,10-11,13,16H,9,12H2,1-6H3. The molecule has 0 radical (unpaired) electrons. The van der Waals surface area contributed by atoms with Gasteiger partial charge in [0.2, 0.25) is 0 Å². The molecule has 0 spiro atoms. The lowest BCUT2D eigenvalue weighted by Gasteiger charge is -2.33. The molecule has 0 aromatic rings. The van der Waals surface area contributed by atoms with Crippen molar-refractivity contribution < 1.29 is 4.18 Å². The highest BCUT2D eigenvalue weighted by Crippen LogP contribution is 2.38. The first-order valence-electron chi connectivity index (χ1n) is 7.12. The van der Waals surface area contributed by atoms with E-state index in [1.54, 1.807) is 7.11 Å². The molecule has 0 saturated carbocycles. The van der Waals surface area contributed by atoms with Gasteiger partial charge in [-0.1, -0.05) is 52.8 Å². The van der Waals surface area contributed by atoms with Gasteiger partial charge in [-0.05, 0) is 41.7 Å². The van der Waals surface area contributed by atoms with Crippen LogP contribution in [-0.4, -0.2) is 7.11 Å². The van der Waals surface area contributed by atoms with Crippen LogP contribution in [0.5, 0.6) is 0 Å². The second-order valence-electron chi connectivity index (χ2n) is 6.70. The lowest BCUT2D eigenvalue weighted by molar-refractivity contribution is 0.245. The minimum Gasteiger partial charge on any atom is -0.314 e. The largest absolute Gasteiger partial charge is 0.314 e. The number of allylic oxidation sites excluding steroid dienone is 6. The molecule has 0 N–H and O–H groups in total. The molecule has 0 saturated heterocycles. The zero-order valence-electron chi connectivity index (χ0n) is 13.2. The Labute approximate surface area is 123 Å². The summed E-state index contributed by atoms with van der Waals surface area (Å²) in [5, 5.41) is 0. The highest BCUT2D eigenvalue weighted by atomic mass is 32.2. The van der Waals surface area contributed by atoms with Crippen LogP contribution >= 0.6 is 12.0 Å². The van der Waals surface area contributed by atoms with Gasteiger partial charge >= 0.3 is 0 Å². The quantitative estimate of drug-likeness (QED) is 0.592. The third-order valence-electron chi connectivity index (χ3n) is 3.44. The maximum Gasteiger partial charge on any atom is 0.0508 e. The Balaban J connectivity index is 2.96. The van der Waals surface area contributed by atoms with Crippen LogP contribution in [0.25, 0.3) is 0 Å². The van der Waals surface area contributed by atoms with Gasteiger partial charge in [0.15, 0.2) is 0 Å². The van der Waals surface area contributed by atoms with Crippen LogP contribution in [0.3, 0.4) is 0 Å². The molecule has 1 rings (SSSR count). The predicted molar refractivity (Wildman–Crippen MR) is 86.9 cm³/mol. The van der Waals surface area contributed by atoms with Crippen molar-refractivity contribution in [2.75, 3.05) is 7.11 Å². The summed E-state index contributed by atoms with van der Waals surface area (Å²) in [7, 11) is 1.72. The van der Waals surface area contributed by atoms with Gasteiger partial charge in [0, 0.05) is 16.9 Å². The van der Waals surface area contributed by atoms with Crippen molar-refractivity contribution in [3.8, 4) is 0 Å². The van der Waals surface area contributed by atoms with Gasteiger partial charge < -0.3 is 4.18 Å². The Kier molecular flexibility index (Phi) is 6.41. The van der Waals surface area contributed by atoms with E-state index < -0.39 is 0 Å². The van der Waals surface area contributed by atoms with Crippen LogP contribution in [0, 0.1) is 17.3 Å². The van der Waals surface area contributed by atoms with Gasteiger partial charge in [-0.2, -0.15) is 0 Å². The Hall–Kier alpha value is -0.470. The molecule has 1 nitrogen and oxygen atoms in total. The number of rotatable bonds is 5. The van der Waals surface area contributed by atoms with E-state index >= 15 is 0 Å². The summed E-state index contributed by atoms with van der Waals surface area (Å²) in [5.41, 5.74) is 1.75. The third kappa shape index (κ3) is 5.58. The molecule has 0 heterocycles. The molecule has 1 aliphatic rings. The molecule has 0 aliphatic heterocycles. The lowest BCUT2D eigenvalue weighted by atomic mass is 9.72. The molecular weight excluding hydrogens is 252 g/mol. The van der Waals surface area contributed by atoms with Gasteiger partial charge in [-0.15, -0.1) is 0 Å². The van der Waals surface area contributed by atoms with E-state index in [0.29, 0.717) is 11.3 Å². The minimum atomic E-state index is 0.299. The van der Waals surface area contributed by atoms with Gasteiger partial charge in [-0.25, -0.2) is 0 Å². The smallest absolute Gasteiger partial charge is 0.0508 e. The molecular formula is C17H28OS. The van der Waals surface area contributed by atoms with E-state index in [4.69, 9.17) is 4.18 Å². The molecule has 1 aliphatic carbocycles. The first kappa shape index (κ1) is 16.6. The Morgan fingerprint density at radius 3 is 2.47 bits per heavy atom. The summed E-state index contributed by atoms with van der Waals surface area (Å²) in [4.78, 5) is 1.27. The first-order valence-corrected chi connectivity index (χ1v) is 7.86. The van der Waals surface area contributed by atoms with Crippen molar-refractivity contribution in [3.63, 3.8) is 0 Å². The molecule has 0 aromatic heterocycles. The topological polar surface area (TPSA) is 9.23 Å². The van der Waals surface area contributed by atoms with Crippen LogP contribution in [0.1, 0.15) is 47.5 Å². The summed E-state index contributed by atoms with van der Waals surface area (Å²) < 4.78 is 5.15. The highest BCUT2D eigenvalue weighted by molar-refractivity contribution is 7.98. The van der Waals surface area contributed by atoms with Crippen LogP contribution in [-0.2, 0) is 4.18 Å². The Bertz CT molecular complexity index is 369. The zero-order valence-corrected chi connectivity index (χ0v) is 14.0. The average molecular weight is 280 g/mol. The molecule has 2 heteroatoms. The van der Waals surface area contributed by atoms with E-state index in [9.17, 15) is 0 Å². The number of hydrogen-bond acceptors (Lipinski definition) is 2. The van der Waals surface area contributed by atoms with E-state index in [-0.39, 0.29) is 0 Å². The van der Waals surface area contributed by atoms with E-state index in [1.165, 1.54) is 28.9 Å². The summed E-state index contributed by atoms with van der Waals surface area (Å²) >= 11 is 1.47. The Morgan fingerprint density at radius 1 is 1.26 bits per heavy atom. The van der Waals surface area contributed by atoms with Crippen LogP contribution in [0.15, 0.2) is 34.8 Å². The van der Waals surface area contributed by atoms with Gasteiger partial charge in [-0.3, -0.25) is 0 Å². The van der Waals surface area contributed by atoms with Gasteiger partial charge in [0.05, 0.1) is 7.11 Å². The summed E-state index contributed by atoms with van der Waals surface area (Å²) in [6, 6.07) is 0. The summed E-state index contributed by atoms with van der Waals surface area (Å²) in [6.45, 7) is 11.6. The van der Waals surface area contributed by atoms with Crippen LogP contribution in [0.4, 0.5) is 0 Å². The molecule has 0 bridgehead atoms. The maximum atomic E-state index is 5.15. The van der Waals surface area contributed by atoms with E-state index in [0.717, 1.165) is 12.3 Å². The lowest BCUT2D eigenvalue weighted by Crippen LogP contribution is -2.23. The molecule has 1 unspecified atom stereocenters. The third-order valence-corrected chi connectivity index (χ3v) is 4.12. The molecule has 0 aromatic carbocycles. The molecule has 0 amide bonds.